The molecule has 0 radical (unpaired) electrons. The summed E-state index contributed by atoms with van der Waals surface area (Å²) in [6.45, 7) is 20.9. The summed E-state index contributed by atoms with van der Waals surface area (Å²) in [6.07, 6.45) is 2.16. The number of carbonyl (C=O) groups is 14. The van der Waals surface area contributed by atoms with Crippen molar-refractivity contribution in [3.8, 4) is 0 Å². The van der Waals surface area contributed by atoms with Crippen LogP contribution in [0.3, 0.4) is 0 Å². The summed E-state index contributed by atoms with van der Waals surface area (Å²) in [5.74, 6) is -14.1. The van der Waals surface area contributed by atoms with Crippen LogP contribution in [0.2, 0.25) is 20.1 Å². The second kappa shape index (κ2) is 33.2. The molecule has 0 aromatic heterocycles. The van der Waals surface area contributed by atoms with E-state index in [-0.39, 0.29) is 110 Å². The number of rotatable bonds is 36. The first kappa shape index (κ1) is 77.3. The van der Waals surface area contributed by atoms with Gasteiger partial charge in [-0.05, 0) is 48.9 Å². The molecule has 2 aliphatic rings. The van der Waals surface area contributed by atoms with Gasteiger partial charge in [-0.3, -0.25) is 48.2 Å². The van der Waals surface area contributed by atoms with Crippen molar-refractivity contribution in [2.45, 2.75) is 89.5 Å². The van der Waals surface area contributed by atoms with Crippen molar-refractivity contribution < 1.29 is 114 Å². The SMILES string of the molecule is C=CC(=O)OCC(COC(=O)C=C)(COC(=O)C=C)OC(=O)CCC(=O)OCC(CC(C)C)N1C(=O)c2cc(Cl)c3c4c(Cl)cc5c6c(cc(Cl)c(c7c(Cl)cc(c2c37)C1=O)c64)C(=O)N(C(COC(=O)CCC(=O)OC(COC(=O)C=C)(COC(=O)C=C)COC(=O)C=C)CC(C)C)C5=O. The molecular weight excluding hydrogens is 1390 g/mol. The van der Waals surface area contributed by atoms with Gasteiger partial charge >= 0.3 is 59.7 Å². The van der Waals surface area contributed by atoms with E-state index in [0.717, 1.165) is 46.3 Å². The molecule has 0 N–H and O–H groups in total. The smallest absolute Gasteiger partial charge is 0.330 e. The van der Waals surface area contributed by atoms with Crippen molar-refractivity contribution in [3.63, 3.8) is 0 Å². The van der Waals surface area contributed by atoms with Crippen LogP contribution in [0.5, 0.6) is 0 Å². The van der Waals surface area contributed by atoms with E-state index in [4.69, 9.17) is 93.8 Å². The normalized spacial score (nSPS) is 13.3. The minimum atomic E-state index is -2.15. The predicted octanol–water partition coefficient (Wildman–Crippen LogP) is 9.96. The van der Waals surface area contributed by atoms with E-state index in [0.29, 0.717) is 0 Å². The summed E-state index contributed by atoms with van der Waals surface area (Å²) >= 11 is 29.1. The lowest BCUT2D eigenvalue weighted by atomic mass is 9.81. The van der Waals surface area contributed by atoms with Gasteiger partial charge in [0.25, 0.3) is 23.6 Å². The third-order valence-corrected chi connectivity index (χ3v) is 16.8. The zero-order chi connectivity index (χ0) is 73.8. The second-order valence-electron chi connectivity index (χ2n) is 23.7. The van der Waals surface area contributed by atoms with E-state index < -0.39 is 185 Å². The van der Waals surface area contributed by atoms with Gasteiger partial charge in [-0.15, -0.1) is 0 Å². The molecule has 2 aliphatic heterocycles. The van der Waals surface area contributed by atoms with E-state index in [1.54, 1.807) is 27.7 Å². The van der Waals surface area contributed by atoms with Gasteiger partial charge in [0.1, 0.15) is 52.9 Å². The van der Waals surface area contributed by atoms with Crippen molar-refractivity contribution in [1.29, 1.82) is 0 Å². The van der Waals surface area contributed by atoms with Crippen LogP contribution in [0.15, 0.2) is 100 Å². The predicted molar refractivity (Wildman–Crippen MR) is 360 cm³/mol. The standard InChI is InChI=1S/C70H66Cl4N2O24/c1-11-47(77)93-29-69(30-94-48(78)12-2,31-95-49(79)13-3)99-55(85)19-17-53(83)91-27-37(21-35(7)8)75-65(87)39-23-43(71)59-61-45(73)25-41-58-42(26-46(74)62(64(58)61)60-44(72)24-40(66(75)88)57(39)63(59)60)68(90)76(67(41)89)38(22-36(9)10)28-92-54(84)18-20-56(86)100-70(32-96-50(80)14-4,33-97-51(81)15-5)34-98-52(82)16-6/h11-16,23-26,35-38H,1-6,17-22,27-34H2,7-10H3. The molecule has 0 bridgehead atoms. The third-order valence-electron chi connectivity index (χ3n) is 15.6. The Balaban J connectivity index is 1.16. The molecule has 0 fully saturated rings. The molecule has 0 spiro atoms. The number of ether oxygens (including phenoxy) is 10. The maximum absolute atomic E-state index is 15.1. The van der Waals surface area contributed by atoms with Gasteiger partial charge in [-0.25, -0.2) is 28.8 Å². The summed E-state index contributed by atoms with van der Waals surface area (Å²) in [5, 5.41) is 0.768. The summed E-state index contributed by atoms with van der Waals surface area (Å²) in [4.78, 5) is 188. The fourth-order valence-corrected chi connectivity index (χ4v) is 12.4. The van der Waals surface area contributed by atoms with Crippen LogP contribution in [-0.2, 0) is 95.3 Å². The van der Waals surface area contributed by atoms with Crippen molar-refractivity contribution >= 4 is 173 Å². The van der Waals surface area contributed by atoms with Gasteiger partial charge in [-0.1, -0.05) is 114 Å². The Morgan fingerprint density at radius 1 is 0.360 bits per heavy atom. The van der Waals surface area contributed by atoms with E-state index in [2.05, 4.69) is 39.5 Å². The molecule has 0 saturated heterocycles. The highest BCUT2D eigenvalue weighted by atomic mass is 35.5. The molecule has 528 valence electrons. The lowest BCUT2D eigenvalue weighted by Gasteiger charge is -2.36. The molecule has 30 heteroatoms. The lowest BCUT2D eigenvalue weighted by molar-refractivity contribution is -0.193. The average molecular weight is 1460 g/mol. The molecule has 5 aromatic rings. The molecule has 7 rings (SSSR count). The third kappa shape index (κ3) is 17.3. The minimum absolute atomic E-state index is 0.0740. The van der Waals surface area contributed by atoms with Crippen LogP contribution < -0.4 is 0 Å². The van der Waals surface area contributed by atoms with Crippen LogP contribution in [-0.4, -0.2) is 169 Å². The number of benzene rings is 5. The van der Waals surface area contributed by atoms with Crippen LogP contribution in [0.1, 0.15) is 108 Å². The quantitative estimate of drug-likeness (QED) is 0.00898. The highest BCUT2D eigenvalue weighted by Crippen LogP contribution is 2.54. The molecule has 2 atom stereocenters. The molecule has 4 amide bonds. The topological polar surface area (TPSA) is 338 Å². The summed E-state index contributed by atoms with van der Waals surface area (Å²) in [6, 6.07) is 2.98. The number of hydrogen-bond acceptors (Lipinski definition) is 24. The number of amides is 4. The summed E-state index contributed by atoms with van der Waals surface area (Å²) in [5.41, 5.74) is -4.64. The number of fused-ring (bicyclic) bond motifs is 2. The summed E-state index contributed by atoms with van der Waals surface area (Å²) < 4.78 is 52.8. The van der Waals surface area contributed by atoms with Gasteiger partial charge in [-0.2, -0.15) is 0 Å². The van der Waals surface area contributed by atoms with Crippen molar-refractivity contribution in [3.05, 3.63) is 143 Å². The number of nitrogens with zero attached hydrogens (tertiary/aromatic N) is 2. The number of halogens is 4. The Labute approximate surface area is 590 Å². The van der Waals surface area contributed by atoms with E-state index in [1.807, 2.05) is 0 Å². The highest BCUT2D eigenvalue weighted by molar-refractivity contribution is 6.56. The second-order valence-corrected chi connectivity index (χ2v) is 25.3. The highest BCUT2D eigenvalue weighted by Gasteiger charge is 2.46. The van der Waals surface area contributed by atoms with Gasteiger partial charge in [0, 0.05) is 99.6 Å². The average Bonchev–Trinajstić information content (AvgIpc) is 0.676. The fourth-order valence-electron chi connectivity index (χ4n) is 11.3. The minimum Gasteiger partial charge on any atom is -0.463 e. The molecular formula is C70H66Cl4N2O24. The maximum atomic E-state index is 15.1. The van der Waals surface area contributed by atoms with Gasteiger partial charge < -0.3 is 47.4 Å². The van der Waals surface area contributed by atoms with Crippen LogP contribution in [0.4, 0.5) is 0 Å². The number of esters is 10. The molecule has 0 saturated carbocycles. The molecule has 100 heavy (non-hydrogen) atoms. The number of imide groups is 2. The molecule has 26 nitrogen and oxygen atoms in total. The number of carbonyl (C=O) groups excluding carboxylic acids is 14. The fraction of sp³-hybridized carbons (Fsp3) is 0.343. The van der Waals surface area contributed by atoms with Crippen LogP contribution in [0.25, 0.3) is 43.1 Å². The Bertz CT molecular complexity index is 3780. The maximum Gasteiger partial charge on any atom is 0.330 e. The van der Waals surface area contributed by atoms with Gasteiger partial charge in [0.15, 0.2) is 0 Å². The Morgan fingerprint density at radius 3 is 0.790 bits per heavy atom. The van der Waals surface area contributed by atoms with E-state index >= 15 is 19.2 Å². The van der Waals surface area contributed by atoms with E-state index in [9.17, 15) is 47.9 Å². The monoisotopic (exact) mass is 1460 g/mol. The van der Waals surface area contributed by atoms with Crippen LogP contribution >= 0.6 is 46.4 Å². The largest absolute Gasteiger partial charge is 0.463 e. The first-order valence-electron chi connectivity index (χ1n) is 30.6. The molecule has 2 unspecified atom stereocenters. The first-order chi connectivity index (χ1) is 47.3. The Morgan fingerprint density at radius 2 is 0.580 bits per heavy atom. The summed E-state index contributed by atoms with van der Waals surface area (Å²) in [7, 11) is 0. The molecule has 2 heterocycles. The molecule has 0 aliphatic carbocycles. The van der Waals surface area contributed by atoms with Crippen molar-refractivity contribution in [2.75, 3.05) is 52.9 Å². The van der Waals surface area contributed by atoms with Gasteiger partial charge in [0.05, 0.1) is 60.0 Å². The van der Waals surface area contributed by atoms with Crippen molar-refractivity contribution in [2.24, 2.45) is 11.8 Å². The zero-order valence-electron chi connectivity index (χ0n) is 54.4. The number of hydrogen-bond donors (Lipinski definition) is 0. The Kier molecular flexibility index (Phi) is 25.7. The van der Waals surface area contributed by atoms with E-state index in [1.165, 1.54) is 24.3 Å². The first-order valence-corrected chi connectivity index (χ1v) is 32.1. The Hall–Kier alpha value is -10.0. The van der Waals surface area contributed by atoms with Gasteiger partial charge in [0.2, 0.25) is 11.2 Å². The van der Waals surface area contributed by atoms with Crippen molar-refractivity contribution in [1.82, 2.24) is 9.80 Å². The zero-order valence-corrected chi connectivity index (χ0v) is 57.5. The van der Waals surface area contributed by atoms with Crippen LogP contribution in [0, 0.1) is 11.8 Å². The molecule has 5 aromatic carbocycles. The lowest BCUT2D eigenvalue weighted by Crippen LogP contribution is -2.50.